The molecular formula is C48H28N4O. The fraction of sp³-hybridized carbons (Fsp3) is 0. The number of hydrogen-bond acceptors (Lipinski definition) is 3. The summed E-state index contributed by atoms with van der Waals surface area (Å²) < 4.78 is 11.2. The second-order valence-electron chi connectivity index (χ2n) is 13.7. The Bertz CT molecular complexity index is 3460. The van der Waals surface area contributed by atoms with E-state index in [4.69, 9.17) is 14.4 Å². The lowest BCUT2D eigenvalue weighted by atomic mass is 10.00. The van der Waals surface area contributed by atoms with Crippen LogP contribution in [0.4, 0.5) is 0 Å². The Balaban J connectivity index is 1.26. The molecule has 0 aliphatic carbocycles. The average molecular weight is 677 g/mol. The SMILES string of the molecule is c1ccc(-c2nc(-n3c4ccccc4c4c3ccc3c5ccccc5n(-c5cc6ccccc6c6ccccc56)c34)nc3c2oc2ccccc23)cc1. The third-order valence-electron chi connectivity index (χ3n) is 10.9. The van der Waals surface area contributed by atoms with Crippen LogP contribution in [0.2, 0.25) is 0 Å². The van der Waals surface area contributed by atoms with Crippen molar-refractivity contribution in [3.63, 3.8) is 0 Å². The number of para-hydroxylation sites is 3. The van der Waals surface area contributed by atoms with Crippen LogP contribution in [0.5, 0.6) is 0 Å². The van der Waals surface area contributed by atoms with Gasteiger partial charge in [0.25, 0.3) is 0 Å². The molecule has 0 saturated carbocycles. The van der Waals surface area contributed by atoms with Crippen LogP contribution in [0.15, 0.2) is 174 Å². The fourth-order valence-corrected chi connectivity index (χ4v) is 8.66. The van der Waals surface area contributed by atoms with E-state index in [0.717, 1.165) is 60.8 Å². The van der Waals surface area contributed by atoms with Crippen molar-refractivity contribution in [1.82, 2.24) is 19.1 Å². The first-order valence-electron chi connectivity index (χ1n) is 17.9. The van der Waals surface area contributed by atoms with Crippen molar-refractivity contribution in [2.24, 2.45) is 0 Å². The maximum Gasteiger partial charge on any atom is 0.236 e. The number of aromatic nitrogens is 4. The van der Waals surface area contributed by atoms with Crippen LogP contribution >= 0.6 is 0 Å². The minimum absolute atomic E-state index is 0.604. The molecule has 0 N–H and O–H groups in total. The van der Waals surface area contributed by atoms with Crippen molar-refractivity contribution in [3.05, 3.63) is 170 Å². The molecule has 12 aromatic rings. The van der Waals surface area contributed by atoms with Crippen LogP contribution in [0.3, 0.4) is 0 Å². The summed E-state index contributed by atoms with van der Waals surface area (Å²) in [6.07, 6.45) is 0. The van der Waals surface area contributed by atoms with E-state index in [1.54, 1.807) is 0 Å². The zero-order chi connectivity index (χ0) is 34.6. The number of nitrogens with zero attached hydrogens (tertiary/aromatic N) is 4. The Morgan fingerprint density at radius 3 is 1.91 bits per heavy atom. The second kappa shape index (κ2) is 10.6. The molecule has 4 aromatic heterocycles. The Morgan fingerprint density at radius 2 is 1.08 bits per heavy atom. The van der Waals surface area contributed by atoms with Gasteiger partial charge in [-0.2, -0.15) is 0 Å². The van der Waals surface area contributed by atoms with Crippen LogP contribution < -0.4 is 0 Å². The zero-order valence-electron chi connectivity index (χ0n) is 28.4. The predicted octanol–water partition coefficient (Wildman–Crippen LogP) is 12.5. The molecule has 0 fully saturated rings. The van der Waals surface area contributed by atoms with Crippen LogP contribution in [0.25, 0.3) is 110 Å². The van der Waals surface area contributed by atoms with Crippen molar-refractivity contribution in [1.29, 1.82) is 0 Å². The Morgan fingerprint density at radius 1 is 0.434 bits per heavy atom. The predicted molar refractivity (Wildman–Crippen MR) is 218 cm³/mol. The molecule has 4 heterocycles. The topological polar surface area (TPSA) is 48.8 Å². The zero-order valence-corrected chi connectivity index (χ0v) is 28.4. The molecule has 0 amide bonds. The van der Waals surface area contributed by atoms with Crippen LogP contribution in [-0.4, -0.2) is 19.1 Å². The minimum atomic E-state index is 0.604. The third-order valence-corrected chi connectivity index (χ3v) is 10.9. The molecule has 0 spiro atoms. The van der Waals surface area contributed by atoms with Gasteiger partial charge in [-0.1, -0.05) is 133 Å². The molecule has 5 heteroatoms. The normalized spacial score (nSPS) is 12.2. The van der Waals surface area contributed by atoms with Gasteiger partial charge in [0.2, 0.25) is 5.95 Å². The maximum atomic E-state index is 6.47. The van der Waals surface area contributed by atoms with Gasteiger partial charge in [0.05, 0.1) is 27.8 Å². The van der Waals surface area contributed by atoms with Gasteiger partial charge in [-0.15, -0.1) is 0 Å². The Hall–Kier alpha value is -7.24. The van der Waals surface area contributed by atoms with Crippen molar-refractivity contribution in [3.8, 4) is 22.9 Å². The molecular weight excluding hydrogens is 649 g/mol. The first-order valence-corrected chi connectivity index (χ1v) is 17.9. The van der Waals surface area contributed by atoms with Crippen molar-refractivity contribution < 1.29 is 4.42 Å². The first kappa shape index (κ1) is 28.5. The van der Waals surface area contributed by atoms with Gasteiger partial charge in [-0.05, 0) is 52.6 Å². The van der Waals surface area contributed by atoms with E-state index < -0.39 is 0 Å². The summed E-state index contributed by atoms with van der Waals surface area (Å²) in [4.78, 5) is 10.7. The van der Waals surface area contributed by atoms with E-state index in [0.29, 0.717) is 11.5 Å². The molecule has 53 heavy (non-hydrogen) atoms. The summed E-state index contributed by atoms with van der Waals surface area (Å²) in [6.45, 7) is 0. The second-order valence-corrected chi connectivity index (χ2v) is 13.7. The van der Waals surface area contributed by atoms with E-state index in [1.165, 1.54) is 37.8 Å². The number of rotatable bonds is 3. The molecule has 0 atom stereocenters. The highest BCUT2D eigenvalue weighted by Gasteiger charge is 2.24. The van der Waals surface area contributed by atoms with E-state index in [9.17, 15) is 0 Å². The number of benzene rings is 8. The smallest absolute Gasteiger partial charge is 0.236 e. The van der Waals surface area contributed by atoms with Gasteiger partial charge in [0.1, 0.15) is 16.8 Å². The summed E-state index contributed by atoms with van der Waals surface area (Å²) in [5, 5.41) is 10.6. The molecule has 0 aliphatic heterocycles. The summed E-state index contributed by atoms with van der Waals surface area (Å²) in [5.41, 5.74) is 9.60. The number of furan rings is 1. The first-order chi connectivity index (χ1) is 26.3. The lowest BCUT2D eigenvalue weighted by Crippen LogP contribution is -2.03. The quantitative estimate of drug-likeness (QED) is 0.175. The van der Waals surface area contributed by atoms with Gasteiger partial charge in [0.15, 0.2) is 5.58 Å². The number of fused-ring (bicyclic) bond motifs is 13. The van der Waals surface area contributed by atoms with Crippen molar-refractivity contribution in [2.45, 2.75) is 0 Å². The van der Waals surface area contributed by atoms with Crippen LogP contribution in [-0.2, 0) is 0 Å². The molecule has 0 saturated heterocycles. The Labute approximate surface area is 302 Å². The van der Waals surface area contributed by atoms with Gasteiger partial charge >= 0.3 is 0 Å². The van der Waals surface area contributed by atoms with Crippen molar-refractivity contribution in [2.75, 3.05) is 0 Å². The van der Waals surface area contributed by atoms with E-state index in [1.807, 2.05) is 36.4 Å². The molecule has 5 nitrogen and oxygen atoms in total. The highest BCUT2D eigenvalue weighted by molar-refractivity contribution is 6.27. The average Bonchev–Trinajstić information content (AvgIpc) is 3.88. The third kappa shape index (κ3) is 3.91. The monoisotopic (exact) mass is 676 g/mol. The minimum Gasteiger partial charge on any atom is -0.452 e. The lowest BCUT2D eigenvalue weighted by Gasteiger charge is -2.15. The summed E-state index contributed by atoms with van der Waals surface area (Å²) >= 11 is 0. The number of hydrogen-bond donors (Lipinski definition) is 0. The molecule has 0 radical (unpaired) electrons. The molecule has 0 aliphatic rings. The molecule has 12 rings (SSSR count). The summed E-state index contributed by atoms with van der Waals surface area (Å²) in [5.74, 6) is 0.604. The molecule has 0 bridgehead atoms. The van der Waals surface area contributed by atoms with E-state index in [2.05, 4.69) is 143 Å². The van der Waals surface area contributed by atoms with Gasteiger partial charge in [0, 0.05) is 37.9 Å². The van der Waals surface area contributed by atoms with Gasteiger partial charge < -0.3 is 8.98 Å². The molecule has 0 unspecified atom stereocenters. The van der Waals surface area contributed by atoms with E-state index >= 15 is 0 Å². The molecule has 8 aromatic carbocycles. The highest BCUT2D eigenvalue weighted by atomic mass is 16.3. The fourth-order valence-electron chi connectivity index (χ4n) is 8.66. The lowest BCUT2D eigenvalue weighted by molar-refractivity contribution is 0.666. The van der Waals surface area contributed by atoms with Crippen LogP contribution in [0.1, 0.15) is 0 Å². The largest absolute Gasteiger partial charge is 0.452 e. The summed E-state index contributed by atoms with van der Waals surface area (Å²) in [7, 11) is 0. The summed E-state index contributed by atoms with van der Waals surface area (Å²) in [6, 6.07) is 60.2. The van der Waals surface area contributed by atoms with Crippen LogP contribution in [0, 0.1) is 0 Å². The molecule has 246 valence electrons. The standard InChI is InChI=1S/C48H28N4O/c1-2-14-29(15-3-1)44-47-45(37-22-10-13-25-42(37)53-47)50-48(49-44)52-39-24-12-9-21-36(39)43-40(52)27-26-35-34-20-8-11-23-38(34)51(46(35)43)41-28-30-16-4-5-17-31(30)32-18-6-7-19-33(32)41/h1-28H. The van der Waals surface area contributed by atoms with Gasteiger partial charge in [-0.25, -0.2) is 9.97 Å². The maximum absolute atomic E-state index is 6.47. The van der Waals surface area contributed by atoms with Crippen molar-refractivity contribution >= 4 is 87.2 Å². The highest BCUT2D eigenvalue weighted by Crippen LogP contribution is 2.44. The van der Waals surface area contributed by atoms with E-state index in [-0.39, 0.29) is 0 Å². The Kier molecular flexibility index (Phi) is 5.71. The van der Waals surface area contributed by atoms with Gasteiger partial charge in [-0.3, -0.25) is 4.57 Å².